The molecule has 0 bridgehead atoms. The zero-order valence-corrected chi connectivity index (χ0v) is 12.8. The van der Waals surface area contributed by atoms with Crippen molar-refractivity contribution in [1.82, 2.24) is 34.8 Å². The minimum Gasteiger partial charge on any atom is -0.286 e. The SMILES string of the molecule is CCCn1ncnc1CN1CCCC[C@@H]1c1n[nH]c(C)n1. The number of rotatable bonds is 5. The van der Waals surface area contributed by atoms with E-state index in [-0.39, 0.29) is 6.04 Å². The smallest absolute Gasteiger partial charge is 0.167 e. The van der Waals surface area contributed by atoms with Crippen LogP contribution in [0.25, 0.3) is 0 Å². The lowest BCUT2D eigenvalue weighted by Gasteiger charge is -2.33. The van der Waals surface area contributed by atoms with E-state index in [4.69, 9.17) is 0 Å². The van der Waals surface area contributed by atoms with Gasteiger partial charge in [0.05, 0.1) is 12.6 Å². The molecule has 1 aliphatic rings. The number of hydrogen-bond donors (Lipinski definition) is 1. The summed E-state index contributed by atoms with van der Waals surface area (Å²) >= 11 is 0. The third-order valence-corrected chi connectivity index (χ3v) is 4.00. The maximum Gasteiger partial charge on any atom is 0.167 e. The van der Waals surface area contributed by atoms with Crippen molar-refractivity contribution in [3.63, 3.8) is 0 Å². The third-order valence-electron chi connectivity index (χ3n) is 4.00. The van der Waals surface area contributed by atoms with Crippen LogP contribution in [0, 0.1) is 6.92 Å². The predicted molar refractivity (Wildman–Crippen MR) is 78.4 cm³/mol. The Morgan fingerprint density at radius 3 is 3.05 bits per heavy atom. The maximum absolute atomic E-state index is 4.52. The van der Waals surface area contributed by atoms with E-state index in [1.807, 2.05) is 11.6 Å². The number of nitrogens with zero attached hydrogens (tertiary/aromatic N) is 6. The number of nitrogens with one attached hydrogen (secondary N) is 1. The van der Waals surface area contributed by atoms with E-state index in [9.17, 15) is 0 Å². The lowest BCUT2D eigenvalue weighted by Crippen LogP contribution is -2.34. The van der Waals surface area contributed by atoms with Gasteiger partial charge in [0.1, 0.15) is 18.0 Å². The highest BCUT2D eigenvalue weighted by Gasteiger charge is 2.28. The van der Waals surface area contributed by atoms with Crippen molar-refractivity contribution < 1.29 is 0 Å². The lowest BCUT2D eigenvalue weighted by molar-refractivity contribution is 0.128. The van der Waals surface area contributed by atoms with E-state index in [0.717, 1.165) is 49.9 Å². The number of likely N-dealkylation sites (tertiary alicyclic amines) is 1. The average Bonchev–Trinajstić information content (AvgIpc) is 3.10. The van der Waals surface area contributed by atoms with Crippen LogP contribution in [-0.2, 0) is 13.1 Å². The number of aryl methyl sites for hydroxylation is 2. The van der Waals surface area contributed by atoms with Gasteiger partial charge in [-0.1, -0.05) is 13.3 Å². The van der Waals surface area contributed by atoms with Crippen molar-refractivity contribution in [3.05, 3.63) is 23.8 Å². The van der Waals surface area contributed by atoms with Crippen molar-refractivity contribution in [2.24, 2.45) is 0 Å². The topological polar surface area (TPSA) is 75.5 Å². The normalized spacial score (nSPS) is 20.0. The van der Waals surface area contributed by atoms with E-state index in [2.05, 4.69) is 37.1 Å². The standard InChI is InChI=1S/C14H23N7/c1-3-7-21-13(15-10-16-21)9-20-8-5-4-6-12(20)14-17-11(2)18-19-14/h10,12H,3-9H2,1-2H3,(H,17,18,19)/t12-/m1/s1. The molecule has 21 heavy (non-hydrogen) atoms. The Bertz CT molecular complexity index is 573. The zero-order chi connectivity index (χ0) is 14.7. The van der Waals surface area contributed by atoms with Gasteiger partial charge in [-0.25, -0.2) is 14.6 Å². The maximum atomic E-state index is 4.52. The van der Waals surface area contributed by atoms with Crippen molar-refractivity contribution in [2.75, 3.05) is 6.54 Å². The molecule has 2 aromatic heterocycles. The van der Waals surface area contributed by atoms with Crippen LogP contribution in [0.15, 0.2) is 6.33 Å². The second-order valence-electron chi connectivity index (χ2n) is 5.66. The molecule has 2 aromatic rings. The van der Waals surface area contributed by atoms with Crippen LogP contribution >= 0.6 is 0 Å². The number of aromatic nitrogens is 6. The molecular formula is C14H23N7. The van der Waals surface area contributed by atoms with E-state index in [1.54, 1.807) is 6.33 Å². The second kappa shape index (κ2) is 6.34. The Balaban J connectivity index is 1.76. The Morgan fingerprint density at radius 1 is 1.38 bits per heavy atom. The molecule has 1 aliphatic heterocycles. The summed E-state index contributed by atoms with van der Waals surface area (Å²) in [5.41, 5.74) is 0. The summed E-state index contributed by atoms with van der Waals surface area (Å²) in [4.78, 5) is 11.4. The Labute approximate surface area is 124 Å². The van der Waals surface area contributed by atoms with Gasteiger partial charge >= 0.3 is 0 Å². The lowest BCUT2D eigenvalue weighted by atomic mass is 10.0. The van der Waals surface area contributed by atoms with Gasteiger partial charge in [-0.05, 0) is 32.7 Å². The molecule has 1 atom stereocenters. The molecule has 0 spiro atoms. The summed E-state index contributed by atoms with van der Waals surface area (Å²) < 4.78 is 2.01. The van der Waals surface area contributed by atoms with E-state index in [0.29, 0.717) is 0 Å². The van der Waals surface area contributed by atoms with Crippen molar-refractivity contribution >= 4 is 0 Å². The minimum absolute atomic E-state index is 0.287. The summed E-state index contributed by atoms with van der Waals surface area (Å²) in [5.74, 6) is 2.83. The molecule has 3 rings (SSSR count). The molecule has 0 aliphatic carbocycles. The number of hydrogen-bond acceptors (Lipinski definition) is 5. The molecule has 0 amide bonds. The molecule has 1 N–H and O–H groups in total. The van der Waals surface area contributed by atoms with Gasteiger partial charge in [-0.2, -0.15) is 10.2 Å². The van der Waals surface area contributed by atoms with Gasteiger partial charge in [-0.15, -0.1) is 0 Å². The van der Waals surface area contributed by atoms with Crippen LogP contribution in [0.2, 0.25) is 0 Å². The summed E-state index contributed by atoms with van der Waals surface area (Å²) in [6.07, 6.45) is 6.29. The highest BCUT2D eigenvalue weighted by Crippen LogP contribution is 2.29. The molecule has 7 heteroatoms. The average molecular weight is 289 g/mol. The number of piperidine rings is 1. The first kappa shape index (κ1) is 14.2. The van der Waals surface area contributed by atoms with Crippen LogP contribution in [-0.4, -0.2) is 41.4 Å². The van der Waals surface area contributed by atoms with Gasteiger partial charge < -0.3 is 0 Å². The largest absolute Gasteiger partial charge is 0.286 e. The van der Waals surface area contributed by atoms with Gasteiger partial charge in [-0.3, -0.25) is 10.00 Å². The minimum atomic E-state index is 0.287. The molecule has 3 heterocycles. The Hall–Kier alpha value is -1.76. The van der Waals surface area contributed by atoms with Crippen LogP contribution in [0.5, 0.6) is 0 Å². The van der Waals surface area contributed by atoms with Crippen molar-refractivity contribution in [3.8, 4) is 0 Å². The molecular weight excluding hydrogens is 266 g/mol. The van der Waals surface area contributed by atoms with Gasteiger partial charge in [0.15, 0.2) is 5.82 Å². The fourth-order valence-corrected chi connectivity index (χ4v) is 2.97. The fourth-order valence-electron chi connectivity index (χ4n) is 2.97. The van der Waals surface area contributed by atoms with Crippen molar-refractivity contribution in [1.29, 1.82) is 0 Å². The first-order valence-corrected chi connectivity index (χ1v) is 7.77. The molecule has 0 unspecified atom stereocenters. The first-order valence-electron chi connectivity index (χ1n) is 7.77. The van der Waals surface area contributed by atoms with E-state index < -0.39 is 0 Å². The summed E-state index contributed by atoms with van der Waals surface area (Å²) in [6.45, 7) is 6.91. The molecule has 1 fully saturated rings. The predicted octanol–water partition coefficient (Wildman–Crippen LogP) is 1.84. The van der Waals surface area contributed by atoms with Gasteiger partial charge in [0.25, 0.3) is 0 Å². The van der Waals surface area contributed by atoms with Crippen LogP contribution < -0.4 is 0 Å². The molecule has 7 nitrogen and oxygen atoms in total. The van der Waals surface area contributed by atoms with Crippen LogP contribution in [0.4, 0.5) is 0 Å². The third kappa shape index (κ3) is 3.12. The van der Waals surface area contributed by atoms with Gasteiger partial charge in [0, 0.05) is 6.54 Å². The Kier molecular flexibility index (Phi) is 4.28. The van der Waals surface area contributed by atoms with Crippen molar-refractivity contribution in [2.45, 2.75) is 58.7 Å². The van der Waals surface area contributed by atoms with E-state index in [1.165, 1.54) is 12.8 Å². The molecule has 0 saturated carbocycles. The molecule has 1 saturated heterocycles. The summed E-state index contributed by atoms with van der Waals surface area (Å²) in [7, 11) is 0. The summed E-state index contributed by atoms with van der Waals surface area (Å²) in [5, 5.41) is 11.6. The molecule has 114 valence electrons. The monoisotopic (exact) mass is 289 g/mol. The first-order chi connectivity index (χ1) is 10.3. The highest BCUT2D eigenvalue weighted by atomic mass is 15.4. The molecule has 0 aromatic carbocycles. The number of aromatic amines is 1. The highest BCUT2D eigenvalue weighted by molar-refractivity contribution is 4.99. The van der Waals surface area contributed by atoms with E-state index >= 15 is 0 Å². The zero-order valence-electron chi connectivity index (χ0n) is 12.8. The molecule has 0 radical (unpaired) electrons. The fraction of sp³-hybridized carbons (Fsp3) is 0.714. The van der Waals surface area contributed by atoms with Crippen LogP contribution in [0.1, 0.15) is 56.1 Å². The Morgan fingerprint density at radius 2 is 2.29 bits per heavy atom. The summed E-state index contributed by atoms with van der Waals surface area (Å²) in [6, 6.07) is 0.287. The number of H-pyrrole nitrogens is 1. The van der Waals surface area contributed by atoms with Gasteiger partial charge in [0.2, 0.25) is 0 Å². The quantitative estimate of drug-likeness (QED) is 0.909. The van der Waals surface area contributed by atoms with Crippen LogP contribution in [0.3, 0.4) is 0 Å². The second-order valence-corrected chi connectivity index (χ2v) is 5.66.